The lowest BCUT2D eigenvalue weighted by molar-refractivity contribution is 0.325. The minimum Gasteiger partial charge on any atom is -0.494 e. The van der Waals surface area contributed by atoms with Crippen LogP contribution in [0.5, 0.6) is 5.75 Å². The number of ether oxygens (including phenoxy) is 1. The Morgan fingerprint density at radius 1 is 1.47 bits per heavy atom. The van der Waals surface area contributed by atoms with Gasteiger partial charge >= 0.3 is 0 Å². The zero-order valence-corrected chi connectivity index (χ0v) is 10.7. The summed E-state index contributed by atoms with van der Waals surface area (Å²) in [5.41, 5.74) is 6.91. The van der Waals surface area contributed by atoms with Crippen LogP contribution in [0.1, 0.15) is 12.5 Å². The molecule has 1 rings (SSSR count). The first kappa shape index (κ1) is 13.9. The second-order valence-corrected chi connectivity index (χ2v) is 4.29. The van der Waals surface area contributed by atoms with Gasteiger partial charge in [0.15, 0.2) is 11.6 Å². The van der Waals surface area contributed by atoms with Crippen LogP contribution in [0.3, 0.4) is 0 Å². The van der Waals surface area contributed by atoms with Crippen LogP contribution in [0.15, 0.2) is 18.2 Å². The standard InChI is InChI=1S/C13H21FN2O/c1-4-16(2)9-11(15)7-10-5-6-13(17-3)12(14)8-10/h5-6,8,11H,4,7,9,15H2,1-3H3. The maximum atomic E-state index is 13.5. The Labute approximate surface area is 102 Å². The van der Waals surface area contributed by atoms with Gasteiger partial charge in [-0.05, 0) is 37.7 Å². The van der Waals surface area contributed by atoms with E-state index in [1.54, 1.807) is 6.07 Å². The second-order valence-electron chi connectivity index (χ2n) is 4.29. The Kier molecular flexibility index (Phi) is 5.38. The van der Waals surface area contributed by atoms with Crippen LogP contribution in [0.2, 0.25) is 0 Å². The molecule has 0 saturated carbocycles. The summed E-state index contributed by atoms with van der Waals surface area (Å²) in [5, 5.41) is 0. The van der Waals surface area contributed by atoms with Crippen molar-refractivity contribution in [2.45, 2.75) is 19.4 Å². The molecular formula is C13H21FN2O. The van der Waals surface area contributed by atoms with Gasteiger partial charge in [0.25, 0.3) is 0 Å². The van der Waals surface area contributed by atoms with Gasteiger partial charge in [-0.15, -0.1) is 0 Å². The number of halogens is 1. The summed E-state index contributed by atoms with van der Waals surface area (Å²) < 4.78 is 18.3. The van der Waals surface area contributed by atoms with Crippen LogP contribution in [0.4, 0.5) is 4.39 Å². The highest BCUT2D eigenvalue weighted by Gasteiger charge is 2.09. The van der Waals surface area contributed by atoms with Crippen LogP contribution in [0.25, 0.3) is 0 Å². The molecule has 2 N–H and O–H groups in total. The fourth-order valence-corrected chi connectivity index (χ4v) is 1.73. The maximum absolute atomic E-state index is 13.5. The van der Waals surface area contributed by atoms with E-state index in [9.17, 15) is 4.39 Å². The Morgan fingerprint density at radius 2 is 2.18 bits per heavy atom. The van der Waals surface area contributed by atoms with E-state index >= 15 is 0 Å². The fraction of sp³-hybridized carbons (Fsp3) is 0.538. The van der Waals surface area contributed by atoms with Crippen LogP contribution in [0, 0.1) is 5.82 Å². The molecule has 0 heterocycles. The topological polar surface area (TPSA) is 38.5 Å². The summed E-state index contributed by atoms with van der Waals surface area (Å²) in [6, 6.07) is 5.01. The van der Waals surface area contributed by atoms with Gasteiger partial charge in [-0.2, -0.15) is 0 Å². The molecule has 96 valence electrons. The first-order valence-corrected chi connectivity index (χ1v) is 5.83. The third kappa shape index (κ3) is 4.32. The summed E-state index contributed by atoms with van der Waals surface area (Å²) in [6.45, 7) is 3.86. The molecule has 17 heavy (non-hydrogen) atoms. The lowest BCUT2D eigenvalue weighted by Gasteiger charge is -2.19. The first-order chi connectivity index (χ1) is 8.06. The highest BCUT2D eigenvalue weighted by atomic mass is 19.1. The minimum atomic E-state index is -0.332. The predicted molar refractivity (Wildman–Crippen MR) is 67.8 cm³/mol. The molecule has 1 aromatic rings. The van der Waals surface area contributed by atoms with E-state index in [1.165, 1.54) is 13.2 Å². The zero-order valence-electron chi connectivity index (χ0n) is 10.7. The molecule has 1 aromatic carbocycles. The average molecular weight is 240 g/mol. The van der Waals surface area contributed by atoms with Crippen LogP contribution >= 0.6 is 0 Å². The molecule has 0 amide bonds. The van der Waals surface area contributed by atoms with E-state index in [0.29, 0.717) is 6.42 Å². The highest BCUT2D eigenvalue weighted by molar-refractivity contribution is 5.29. The summed E-state index contributed by atoms with van der Waals surface area (Å²) >= 11 is 0. The molecule has 0 aliphatic rings. The number of nitrogens with two attached hydrogens (primary N) is 1. The van der Waals surface area contributed by atoms with E-state index in [4.69, 9.17) is 10.5 Å². The summed E-state index contributed by atoms with van der Waals surface area (Å²) in [7, 11) is 3.48. The predicted octanol–water partition coefficient (Wildman–Crippen LogP) is 1.66. The third-order valence-corrected chi connectivity index (χ3v) is 2.80. The molecule has 0 aliphatic heterocycles. The Hall–Kier alpha value is -1.13. The van der Waals surface area contributed by atoms with Crippen molar-refractivity contribution in [2.24, 2.45) is 5.73 Å². The molecule has 1 unspecified atom stereocenters. The van der Waals surface area contributed by atoms with E-state index in [-0.39, 0.29) is 17.6 Å². The lowest BCUT2D eigenvalue weighted by Crippen LogP contribution is -2.36. The Balaban J connectivity index is 2.59. The van der Waals surface area contributed by atoms with Gasteiger partial charge in [0.2, 0.25) is 0 Å². The smallest absolute Gasteiger partial charge is 0.165 e. The second kappa shape index (κ2) is 6.57. The number of rotatable bonds is 6. The quantitative estimate of drug-likeness (QED) is 0.822. The van der Waals surface area contributed by atoms with Gasteiger partial charge in [0.05, 0.1) is 7.11 Å². The minimum absolute atomic E-state index is 0.0211. The number of likely N-dealkylation sites (N-methyl/N-ethyl adjacent to an activating group) is 1. The van der Waals surface area contributed by atoms with Gasteiger partial charge in [0.1, 0.15) is 0 Å². The van der Waals surface area contributed by atoms with E-state index < -0.39 is 0 Å². The molecule has 0 spiro atoms. The number of hydrogen-bond acceptors (Lipinski definition) is 3. The van der Waals surface area contributed by atoms with Crippen molar-refractivity contribution in [1.29, 1.82) is 0 Å². The number of nitrogens with zero attached hydrogens (tertiary/aromatic N) is 1. The number of benzene rings is 1. The number of methoxy groups -OCH3 is 1. The zero-order chi connectivity index (χ0) is 12.8. The van der Waals surface area contributed by atoms with Crippen molar-refractivity contribution in [3.63, 3.8) is 0 Å². The van der Waals surface area contributed by atoms with Crippen LogP contribution in [-0.2, 0) is 6.42 Å². The van der Waals surface area contributed by atoms with Crippen LogP contribution < -0.4 is 10.5 Å². The van der Waals surface area contributed by atoms with E-state index in [2.05, 4.69) is 11.8 Å². The molecule has 0 fully saturated rings. The van der Waals surface area contributed by atoms with Crippen molar-refractivity contribution < 1.29 is 9.13 Å². The lowest BCUT2D eigenvalue weighted by atomic mass is 10.1. The molecule has 0 bridgehead atoms. The highest BCUT2D eigenvalue weighted by Crippen LogP contribution is 2.18. The van der Waals surface area contributed by atoms with Gasteiger partial charge < -0.3 is 15.4 Å². The third-order valence-electron chi connectivity index (χ3n) is 2.80. The van der Waals surface area contributed by atoms with E-state index in [0.717, 1.165) is 18.7 Å². The molecule has 0 aromatic heterocycles. The van der Waals surface area contributed by atoms with Gasteiger partial charge in [0, 0.05) is 12.6 Å². The molecule has 3 nitrogen and oxygen atoms in total. The van der Waals surface area contributed by atoms with Crippen molar-refractivity contribution in [3.8, 4) is 5.75 Å². The van der Waals surface area contributed by atoms with Crippen molar-refractivity contribution in [1.82, 2.24) is 4.90 Å². The molecule has 1 atom stereocenters. The van der Waals surface area contributed by atoms with E-state index in [1.807, 2.05) is 13.1 Å². The Morgan fingerprint density at radius 3 is 2.71 bits per heavy atom. The Bertz CT molecular complexity index is 357. The van der Waals surface area contributed by atoms with Crippen LogP contribution in [-0.4, -0.2) is 38.2 Å². The SMILES string of the molecule is CCN(C)CC(N)Cc1ccc(OC)c(F)c1. The molecule has 0 aliphatic carbocycles. The van der Waals surface area contributed by atoms with Gasteiger partial charge in [-0.3, -0.25) is 0 Å². The first-order valence-electron chi connectivity index (χ1n) is 5.83. The fourth-order valence-electron chi connectivity index (χ4n) is 1.73. The molecule has 0 saturated heterocycles. The van der Waals surface area contributed by atoms with Crippen molar-refractivity contribution >= 4 is 0 Å². The maximum Gasteiger partial charge on any atom is 0.165 e. The monoisotopic (exact) mass is 240 g/mol. The van der Waals surface area contributed by atoms with Crippen molar-refractivity contribution in [2.75, 3.05) is 27.2 Å². The van der Waals surface area contributed by atoms with Gasteiger partial charge in [-0.25, -0.2) is 4.39 Å². The molecular weight excluding hydrogens is 219 g/mol. The molecule has 4 heteroatoms. The summed E-state index contributed by atoms with van der Waals surface area (Å²) in [5.74, 6) is -0.0611. The average Bonchev–Trinajstić information content (AvgIpc) is 2.29. The normalized spacial score (nSPS) is 12.8. The molecule has 0 radical (unpaired) electrons. The summed E-state index contributed by atoms with van der Waals surface area (Å²) in [4.78, 5) is 2.14. The van der Waals surface area contributed by atoms with Gasteiger partial charge in [-0.1, -0.05) is 13.0 Å². The largest absolute Gasteiger partial charge is 0.494 e. The summed E-state index contributed by atoms with van der Waals surface area (Å²) in [6.07, 6.45) is 0.672. The van der Waals surface area contributed by atoms with Crippen molar-refractivity contribution in [3.05, 3.63) is 29.6 Å². The number of hydrogen-bond donors (Lipinski definition) is 1.